The number of hydrogen-bond donors (Lipinski definition) is 0. The minimum atomic E-state index is 0.253. The van der Waals surface area contributed by atoms with Crippen molar-refractivity contribution < 1.29 is 0 Å². The van der Waals surface area contributed by atoms with Crippen LogP contribution in [0.15, 0.2) is 48.5 Å². The highest BCUT2D eigenvalue weighted by Crippen LogP contribution is 2.26. The van der Waals surface area contributed by atoms with Gasteiger partial charge in [-0.1, -0.05) is 62.4 Å². The molecule has 0 N–H and O–H groups in total. The molecule has 0 saturated heterocycles. The first-order valence-electron chi connectivity index (χ1n) is 7.94. The maximum absolute atomic E-state index is 4.76. The van der Waals surface area contributed by atoms with Crippen molar-refractivity contribution in [1.82, 2.24) is 15.0 Å². The quantitative estimate of drug-likeness (QED) is 0.687. The van der Waals surface area contributed by atoms with Gasteiger partial charge in [-0.05, 0) is 25.0 Å². The van der Waals surface area contributed by atoms with Crippen LogP contribution in [0.5, 0.6) is 0 Å². The van der Waals surface area contributed by atoms with Crippen molar-refractivity contribution in [2.24, 2.45) is 0 Å². The lowest BCUT2D eigenvalue weighted by Crippen LogP contribution is -2.05. The molecule has 0 aliphatic rings. The smallest absolute Gasteiger partial charge is 0.163 e. The maximum Gasteiger partial charge on any atom is 0.163 e. The van der Waals surface area contributed by atoms with Crippen molar-refractivity contribution in [2.45, 2.75) is 33.6 Å². The zero-order chi connectivity index (χ0) is 16.4. The Morgan fingerprint density at radius 3 is 1.48 bits per heavy atom. The summed E-state index contributed by atoms with van der Waals surface area (Å²) in [6.07, 6.45) is 0. The Morgan fingerprint density at radius 2 is 1.09 bits per heavy atom. The van der Waals surface area contributed by atoms with Crippen molar-refractivity contribution in [3.63, 3.8) is 0 Å². The van der Waals surface area contributed by atoms with E-state index in [2.05, 4.69) is 52.0 Å². The first-order valence-corrected chi connectivity index (χ1v) is 7.94. The van der Waals surface area contributed by atoms with E-state index < -0.39 is 0 Å². The largest absolute Gasteiger partial charge is 0.213 e. The van der Waals surface area contributed by atoms with Crippen LogP contribution in [0, 0.1) is 13.8 Å². The third-order valence-electron chi connectivity index (χ3n) is 3.94. The molecule has 0 radical (unpaired) electrons. The van der Waals surface area contributed by atoms with Gasteiger partial charge in [-0.2, -0.15) is 0 Å². The van der Waals surface area contributed by atoms with Crippen LogP contribution in [0.25, 0.3) is 22.8 Å². The summed E-state index contributed by atoms with van der Waals surface area (Å²) in [5, 5.41) is 0. The van der Waals surface area contributed by atoms with E-state index in [0.29, 0.717) is 0 Å². The Hall–Kier alpha value is -2.55. The summed E-state index contributed by atoms with van der Waals surface area (Å²) in [5.74, 6) is 2.58. The molecule has 0 aliphatic heterocycles. The molecule has 0 bridgehead atoms. The second-order valence-electron chi connectivity index (χ2n) is 6.13. The van der Waals surface area contributed by atoms with Gasteiger partial charge in [0, 0.05) is 17.0 Å². The average molecular weight is 303 g/mol. The lowest BCUT2D eigenvalue weighted by molar-refractivity contribution is 0.765. The molecule has 116 valence electrons. The molecule has 0 saturated carbocycles. The van der Waals surface area contributed by atoms with Gasteiger partial charge >= 0.3 is 0 Å². The maximum atomic E-state index is 4.76. The van der Waals surface area contributed by atoms with Crippen molar-refractivity contribution in [3.8, 4) is 22.8 Å². The highest BCUT2D eigenvalue weighted by molar-refractivity contribution is 5.65. The van der Waals surface area contributed by atoms with Crippen LogP contribution >= 0.6 is 0 Å². The van der Waals surface area contributed by atoms with Gasteiger partial charge in [-0.15, -0.1) is 0 Å². The molecular formula is C20H21N3. The molecule has 2 aromatic carbocycles. The Morgan fingerprint density at radius 1 is 0.652 bits per heavy atom. The molecule has 0 atom stereocenters. The van der Waals surface area contributed by atoms with Gasteiger partial charge < -0.3 is 0 Å². The fourth-order valence-electron chi connectivity index (χ4n) is 2.54. The predicted molar refractivity (Wildman–Crippen MR) is 94.3 cm³/mol. The van der Waals surface area contributed by atoms with Crippen LogP contribution in [-0.2, 0) is 0 Å². The molecule has 0 unspecified atom stereocenters. The highest BCUT2D eigenvalue weighted by atomic mass is 15.0. The van der Waals surface area contributed by atoms with Gasteiger partial charge in [0.1, 0.15) is 5.82 Å². The topological polar surface area (TPSA) is 38.7 Å². The standard InChI is InChI=1S/C20H21N3/c1-13(2)18-21-19(16-11-7-5-9-14(16)3)23-20(22-18)17-12-8-6-10-15(17)4/h5-13H,1-4H3. The molecule has 3 heteroatoms. The van der Waals surface area contributed by atoms with E-state index >= 15 is 0 Å². The van der Waals surface area contributed by atoms with E-state index in [1.165, 1.54) is 11.1 Å². The van der Waals surface area contributed by atoms with Gasteiger partial charge in [0.15, 0.2) is 11.6 Å². The molecule has 1 heterocycles. The first-order chi connectivity index (χ1) is 11.1. The number of aromatic nitrogens is 3. The molecule has 3 rings (SSSR count). The highest BCUT2D eigenvalue weighted by Gasteiger charge is 2.14. The van der Waals surface area contributed by atoms with Crippen LogP contribution in [0.1, 0.15) is 36.7 Å². The molecule has 0 aliphatic carbocycles. The van der Waals surface area contributed by atoms with Crippen LogP contribution in [-0.4, -0.2) is 15.0 Å². The summed E-state index contributed by atoms with van der Waals surface area (Å²) in [6.45, 7) is 8.39. The molecule has 0 fully saturated rings. The molecular weight excluding hydrogens is 282 g/mol. The Balaban J connectivity index is 2.23. The number of nitrogens with zero attached hydrogens (tertiary/aromatic N) is 3. The molecule has 23 heavy (non-hydrogen) atoms. The minimum Gasteiger partial charge on any atom is -0.213 e. The molecule has 0 spiro atoms. The fourth-order valence-corrected chi connectivity index (χ4v) is 2.54. The van der Waals surface area contributed by atoms with Gasteiger partial charge in [0.2, 0.25) is 0 Å². The lowest BCUT2D eigenvalue weighted by atomic mass is 10.1. The van der Waals surface area contributed by atoms with Gasteiger partial charge in [-0.25, -0.2) is 15.0 Å². The third kappa shape index (κ3) is 3.14. The Labute approximate surface area is 137 Å². The van der Waals surface area contributed by atoms with Crippen molar-refractivity contribution >= 4 is 0 Å². The number of aryl methyl sites for hydroxylation is 2. The van der Waals surface area contributed by atoms with Crippen LogP contribution in [0.4, 0.5) is 0 Å². The van der Waals surface area contributed by atoms with Crippen molar-refractivity contribution in [1.29, 1.82) is 0 Å². The zero-order valence-corrected chi connectivity index (χ0v) is 14.0. The van der Waals surface area contributed by atoms with Gasteiger partial charge in [-0.3, -0.25) is 0 Å². The zero-order valence-electron chi connectivity index (χ0n) is 14.0. The van der Waals surface area contributed by atoms with E-state index in [9.17, 15) is 0 Å². The number of benzene rings is 2. The van der Waals surface area contributed by atoms with E-state index in [1.54, 1.807) is 0 Å². The molecule has 1 aromatic heterocycles. The van der Waals surface area contributed by atoms with E-state index in [4.69, 9.17) is 15.0 Å². The summed E-state index contributed by atoms with van der Waals surface area (Å²) in [7, 11) is 0. The second kappa shape index (κ2) is 6.29. The Kier molecular flexibility index (Phi) is 4.20. The summed E-state index contributed by atoms with van der Waals surface area (Å²) < 4.78 is 0. The van der Waals surface area contributed by atoms with Crippen LogP contribution in [0.3, 0.4) is 0 Å². The summed E-state index contributed by atoms with van der Waals surface area (Å²) in [6, 6.07) is 16.4. The minimum absolute atomic E-state index is 0.253. The lowest BCUT2D eigenvalue weighted by Gasteiger charge is -2.12. The van der Waals surface area contributed by atoms with E-state index in [0.717, 1.165) is 28.6 Å². The molecule has 0 amide bonds. The van der Waals surface area contributed by atoms with Crippen molar-refractivity contribution in [2.75, 3.05) is 0 Å². The predicted octanol–water partition coefficient (Wildman–Crippen LogP) is 4.95. The van der Waals surface area contributed by atoms with Crippen LogP contribution in [0.2, 0.25) is 0 Å². The van der Waals surface area contributed by atoms with Crippen LogP contribution < -0.4 is 0 Å². The first kappa shape index (κ1) is 15.3. The second-order valence-corrected chi connectivity index (χ2v) is 6.13. The number of rotatable bonds is 3. The van der Waals surface area contributed by atoms with Gasteiger partial charge in [0.25, 0.3) is 0 Å². The van der Waals surface area contributed by atoms with E-state index in [1.807, 2.05) is 24.3 Å². The molecule has 3 nitrogen and oxygen atoms in total. The molecule has 3 aromatic rings. The summed E-state index contributed by atoms with van der Waals surface area (Å²) in [5.41, 5.74) is 4.46. The average Bonchev–Trinajstić information content (AvgIpc) is 2.55. The van der Waals surface area contributed by atoms with Crippen molar-refractivity contribution in [3.05, 3.63) is 65.5 Å². The number of hydrogen-bond acceptors (Lipinski definition) is 3. The fraction of sp³-hybridized carbons (Fsp3) is 0.250. The monoisotopic (exact) mass is 303 g/mol. The summed E-state index contributed by atoms with van der Waals surface area (Å²) >= 11 is 0. The normalized spacial score (nSPS) is 11.0. The summed E-state index contributed by atoms with van der Waals surface area (Å²) in [4.78, 5) is 14.1. The van der Waals surface area contributed by atoms with Gasteiger partial charge in [0.05, 0.1) is 0 Å². The Bertz CT molecular complexity index is 774. The third-order valence-corrected chi connectivity index (χ3v) is 3.94. The van der Waals surface area contributed by atoms with E-state index in [-0.39, 0.29) is 5.92 Å². The SMILES string of the molecule is Cc1ccccc1-c1nc(-c2ccccc2C)nc(C(C)C)n1.